The molecule has 4 heteroatoms. The number of rotatable bonds is 10. The average Bonchev–Trinajstić information content (AvgIpc) is 2.96. The first-order valence-corrected chi connectivity index (χ1v) is 15.2. The van der Waals surface area contributed by atoms with Gasteiger partial charge >= 0.3 is 0 Å². The van der Waals surface area contributed by atoms with Crippen LogP contribution in [0.1, 0.15) is 80.5 Å². The summed E-state index contributed by atoms with van der Waals surface area (Å²) in [5, 5.41) is 0. The molecule has 41 heavy (non-hydrogen) atoms. The summed E-state index contributed by atoms with van der Waals surface area (Å²) in [4.78, 5) is 0. The number of ether oxygens (including phenoxy) is 2. The quantitative estimate of drug-likeness (QED) is 0.153. The van der Waals surface area contributed by atoms with E-state index in [9.17, 15) is 0 Å². The fourth-order valence-electron chi connectivity index (χ4n) is 6.64. The van der Waals surface area contributed by atoms with E-state index in [-0.39, 0.29) is 5.41 Å². The Hall–Kier alpha value is -3.92. The van der Waals surface area contributed by atoms with Gasteiger partial charge in [-0.15, -0.1) is 0 Å². The first-order chi connectivity index (χ1) is 19.9. The van der Waals surface area contributed by atoms with E-state index in [4.69, 9.17) is 20.9 Å². The molecule has 1 fully saturated rings. The van der Waals surface area contributed by atoms with Crippen LogP contribution in [0.4, 0.5) is 11.4 Å². The Bertz CT molecular complexity index is 1340. The third-order valence-corrected chi connectivity index (χ3v) is 8.83. The molecule has 0 spiro atoms. The summed E-state index contributed by atoms with van der Waals surface area (Å²) in [6.45, 7) is 6.75. The summed E-state index contributed by atoms with van der Waals surface area (Å²) < 4.78 is 12.4. The Kier molecular flexibility index (Phi) is 8.87. The summed E-state index contributed by atoms with van der Waals surface area (Å²) in [5.41, 5.74) is 18.5. The zero-order valence-electron chi connectivity index (χ0n) is 24.8. The van der Waals surface area contributed by atoms with Crippen molar-refractivity contribution in [3.05, 3.63) is 107 Å². The molecule has 0 aromatic heterocycles. The van der Waals surface area contributed by atoms with Gasteiger partial charge in [0.15, 0.2) is 0 Å². The van der Waals surface area contributed by atoms with Crippen molar-refractivity contribution in [2.45, 2.75) is 77.6 Å². The monoisotopic (exact) mass is 548 g/mol. The number of hydrogen-bond donors (Lipinski definition) is 2. The maximum atomic E-state index is 6.19. The number of hydrogen-bond acceptors (Lipinski definition) is 4. The second kappa shape index (κ2) is 12.7. The minimum atomic E-state index is -0.0329. The molecule has 0 heterocycles. The maximum absolute atomic E-state index is 6.19. The molecular weight excluding hydrogens is 504 g/mol. The van der Waals surface area contributed by atoms with Gasteiger partial charge in [0.1, 0.15) is 23.0 Å². The summed E-state index contributed by atoms with van der Waals surface area (Å²) in [5.74, 6) is 4.10. The highest BCUT2D eigenvalue weighted by Gasteiger charge is 2.40. The molecule has 4 N–H and O–H groups in total. The van der Waals surface area contributed by atoms with Gasteiger partial charge < -0.3 is 20.9 Å². The van der Waals surface area contributed by atoms with Crippen LogP contribution in [0.2, 0.25) is 0 Å². The Balaban J connectivity index is 1.45. The van der Waals surface area contributed by atoms with Crippen LogP contribution in [-0.2, 0) is 5.41 Å². The van der Waals surface area contributed by atoms with E-state index in [1.54, 1.807) is 0 Å². The van der Waals surface area contributed by atoms with Crippen LogP contribution in [0.5, 0.6) is 23.0 Å². The van der Waals surface area contributed by atoms with Gasteiger partial charge in [0.25, 0.3) is 0 Å². The third kappa shape index (κ3) is 6.70. The first kappa shape index (κ1) is 28.6. The Morgan fingerprint density at radius 2 is 1.07 bits per heavy atom. The van der Waals surface area contributed by atoms with Crippen LogP contribution in [0.15, 0.2) is 84.9 Å². The van der Waals surface area contributed by atoms with E-state index in [0.29, 0.717) is 0 Å². The molecule has 1 saturated carbocycles. The summed E-state index contributed by atoms with van der Waals surface area (Å²) in [7, 11) is 0. The second-order valence-corrected chi connectivity index (χ2v) is 11.8. The van der Waals surface area contributed by atoms with Gasteiger partial charge in [-0.3, -0.25) is 0 Å². The molecule has 0 atom stereocenters. The van der Waals surface area contributed by atoms with Crippen LogP contribution in [0.3, 0.4) is 0 Å². The van der Waals surface area contributed by atoms with Crippen LogP contribution < -0.4 is 20.9 Å². The lowest BCUT2D eigenvalue weighted by Gasteiger charge is -2.43. The predicted molar refractivity (Wildman–Crippen MR) is 171 cm³/mol. The second-order valence-electron chi connectivity index (χ2n) is 11.8. The molecule has 5 rings (SSSR count). The number of benzene rings is 4. The van der Waals surface area contributed by atoms with Gasteiger partial charge in [0.05, 0.1) is 0 Å². The average molecular weight is 549 g/mol. The minimum absolute atomic E-state index is 0.0329. The highest BCUT2D eigenvalue weighted by Crippen LogP contribution is 2.50. The molecule has 0 aliphatic heterocycles. The van der Waals surface area contributed by atoms with Gasteiger partial charge in [-0.1, -0.05) is 44.7 Å². The van der Waals surface area contributed by atoms with Gasteiger partial charge in [-0.05, 0) is 140 Å². The number of unbranched alkanes of at least 4 members (excludes halogenated alkanes) is 2. The lowest BCUT2D eigenvalue weighted by molar-refractivity contribution is 0.249. The van der Waals surface area contributed by atoms with Gasteiger partial charge in [-0.25, -0.2) is 0 Å². The summed E-state index contributed by atoms with van der Waals surface area (Å²) >= 11 is 0. The molecule has 4 aromatic carbocycles. The highest BCUT2D eigenvalue weighted by atomic mass is 16.5. The number of nitrogens with two attached hydrogens (primary N) is 2. The predicted octanol–water partition coefficient (Wildman–Crippen LogP) is 10.1. The standard InChI is InChI=1S/C37H44N2O2/c1-4-5-6-7-28-20-22-37(23-21-28,35-18-16-33(24-26(35)2)40-31-12-8-29(38)9-13-31)36-19-17-34(25-27(36)3)41-32-14-10-30(39)11-15-32/h8-19,24-25,28H,4-7,20-23,38-39H2,1-3H3. The molecule has 4 nitrogen and oxygen atoms in total. The van der Waals surface area contributed by atoms with Gasteiger partial charge in [0.2, 0.25) is 0 Å². The van der Waals surface area contributed by atoms with Crippen molar-refractivity contribution in [3.8, 4) is 23.0 Å². The molecule has 0 amide bonds. The van der Waals surface area contributed by atoms with Gasteiger partial charge in [0, 0.05) is 16.8 Å². The lowest BCUT2D eigenvalue weighted by Crippen LogP contribution is -2.34. The minimum Gasteiger partial charge on any atom is -0.457 e. The van der Waals surface area contributed by atoms with Crippen LogP contribution in [-0.4, -0.2) is 0 Å². The fraction of sp³-hybridized carbons (Fsp3) is 0.351. The molecular formula is C37H44N2O2. The Morgan fingerprint density at radius 3 is 1.49 bits per heavy atom. The molecule has 1 aliphatic carbocycles. The number of anilines is 2. The van der Waals surface area contributed by atoms with Crippen molar-refractivity contribution in [2.24, 2.45) is 5.92 Å². The molecule has 1 aliphatic rings. The van der Waals surface area contributed by atoms with Crippen molar-refractivity contribution in [1.29, 1.82) is 0 Å². The zero-order chi connectivity index (χ0) is 28.8. The van der Waals surface area contributed by atoms with Crippen molar-refractivity contribution >= 4 is 11.4 Å². The smallest absolute Gasteiger partial charge is 0.127 e. The largest absolute Gasteiger partial charge is 0.457 e. The normalized spacial score (nSPS) is 15.0. The van der Waals surface area contributed by atoms with Crippen molar-refractivity contribution in [1.82, 2.24) is 0 Å². The van der Waals surface area contributed by atoms with E-state index in [2.05, 4.69) is 57.2 Å². The van der Waals surface area contributed by atoms with Crippen LogP contribution in [0, 0.1) is 19.8 Å². The van der Waals surface area contributed by atoms with Gasteiger partial charge in [-0.2, -0.15) is 0 Å². The maximum Gasteiger partial charge on any atom is 0.127 e. The van der Waals surface area contributed by atoms with Crippen LogP contribution >= 0.6 is 0 Å². The highest BCUT2D eigenvalue weighted by molar-refractivity contribution is 5.52. The van der Waals surface area contributed by atoms with E-state index >= 15 is 0 Å². The summed E-state index contributed by atoms with van der Waals surface area (Å²) in [6.07, 6.45) is 10.1. The Labute approximate surface area is 245 Å². The van der Waals surface area contributed by atoms with E-state index < -0.39 is 0 Å². The van der Waals surface area contributed by atoms with Crippen molar-refractivity contribution < 1.29 is 9.47 Å². The van der Waals surface area contributed by atoms with E-state index in [1.165, 1.54) is 60.8 Å². The van der Waals surface area contributed by atoms with Crippen molar-refractivity contribution in [2.75, 3.05) is 11.5 Å². The van der Waals surface area contributed by atoms with Crippen LogP contribution in [0.25, 0.3) is 0 Å². The lowest BCUT2D eigenvalue weighted by atomic mass is 9.61. The third-order valence-electron chi connectivity index (χ3n) is 8.83. The summed E-state index contributed by atoms with van der Waals surface area (Å²) in [6, 6.07) is 28.4. The zero-order valence-corrected chi connectivity index (χ0v) is 24.8. The number of aryl methyl sites for hydroxylation is 2. The molecule has 0 bridgehead atoms. The molecule has 0 saturated heterocycles. The molecule has 214 valence electrons. The molecule has 4 aromatic rings. The molecule has 0 radical (unpaired) electrons. The van der Waals surface area contributed by atoms with E-state index in [1.807, 2.05) is 48.5 Å². The topological polar surface area (TPSA) is 70.5 Å². The van der Waals surface area contributed by atoms with Crippen molar-refractivity contribution in [3.63, 3.8) is 0 Å². The Morgan fingerprint density at radius 1 is 0.634 bits per heavy atom. The SMILES string of the molecule is CCCCCC1CCC(c2ccc(Oc3ccc(N)cc3)cc2C)(c2ccc(Oc3ccc(N)cc3)cc2C)CC1. The molecule has 0 unspecified atom stereocenters. The fourth-order valence-corrected chi connectivity index (χ4v) is 6.64. The first-order valence-electron chi connectivity index (χ1n) is 15.2. The van der Waals surface area contributed by atoms with E-state index in [0.717, 1.165) is 53.1 Å². The number of nitrogen functional groups attached to an aromatic ring is 2.